The maximum atomic E-state index is 11.7. The predicted octanol–water partition coefficient (Wildman–Crippen LogP) is 6.20. The summed E-state index contributed by atoms with van der Waals surface area (Å²) in [5, 5.41) is 3.04. The van der Waals surface area contributed by atoms with Gasteiger partial charge >= 0.3 is 0 Å². The number of rotatable bonds is 18. The Labute approximate surface area is 156 Å². The van der Waals surface area contributed by atoms with Gasteiger partial charge in [0.1, 0.15) is 5.78 Å². The summed E-state index contributed by atoms with van der Waals surface area (Å²) in [7, 11) is 0. The third kappa shape index (κ3) is 17.7. The van der Waals surface area contributed by atoms with Gasteiger partial charge in [-0.05, 0) is 19.3 Å². The highest BCUT2D eigenvalue weighted by Crippen LogP contribution is 2.11. The molecule has 148 valence electrons. The van der Waals surface area contributed by atoms with Crippen molar-refractivity contribution < 1.29 is 9.59 Å². The molecule has 3 heteroatoms. The van der Waals surface area contributed by atoms with E-state index in [-0.39, 0.29) is 11.8 Å². The van der Waals surface area contributed by atoms with E-state index in [2.05, 4.69) is 12.2 Å². The molecule has 0 aromatic heterocycles. The lowest BCUT2D eigenvalue weighted by Crippen LogP contribution is -2.23. The summed E-state index contributed by atoms with van der Waals surface area (Å²) in [5.74, 6) is 0.783. The molecule has 0 atom stereocenters. The quantitative estimate of drug-likeness (QED) is 0.298. The zero-order valence-corrected chi connectivity index (χ0v) is 17.2. The van der Waals surface area contributed by atoms with Crippen LogP contribution in [0.5, 0.6) is 0 Å². The minimum absolute atomic E-state index is 0.180. The van der Waals surface area contributed by atoms with E-state index in [4.69, 9.17) is 0 Å². The number of carbonyl (C=O) groups excluding carboxylic acids is 2. The minimum Gasteiger partial charge on any atom is -0.356 e. The van der Waals surface area contributed by atoms with Crippen molar-refractivity contribution >= 4 is 11.7 Å². The fourth-order valence-corrected chi connectivity index (χ4v) is 2.98. The van der Waals surface area contributed by atoms with Gasteiger partial charge < -0.3 is 5.32 Å². The third-order valence-corrected chi connectivity index (χ3v) is 4.82. The van der Waals surface area contributed by atoms with Crippen LogP contribution in [0.3, 0.4) is 0 Å². The van der Waals surface area contributed by atoms with Crippen LogP contribution in [-0.2, 0) is 9.59 Å². The van der Waals surface area contributed by atoms with Crippen molar-refractivity contribution in [2.75, 3.05) is 6.54 Å². The van der Waals surface area contributed by atoms with Crippen LogP contribution in [0, 0.1) is 5.92 Å². The van der Waals surface area contributed by atoms with Gasteiger partial charge in [0, 0.05) is 25.3 Å². The zero-order chi connectivity index (χ0) is 18.8. The molecule has 0 aromatic carbocycles. The Hall–Kier alpha value is -0.860. The van der Waals surface area contributed by atoms with Gasteiger partial charge in [0.05, 0.1) is 0 Å². The molecule has 0 aromatic rings. The molecule has 0 rings (SSSR count). The number of nitrogens with one attached hydrogen (secondary N) is 1. The summed E-state index contributed by atoms with van der Waals surface area (Å²) in [6.07, 6.45) is 17.1. The van der Waals surface area contributed by atoms with Gasteiger partial charge in [0.25, 0.3) is 0 Å². The Morgan fingerprint density at radius 3 is 1.72 bits per heavy atom. The molecule has 0 aliphatic heterocycles. The molecule has 1 amide bonds. The average Bonchev–Trinajstić information content (AvgIpc) is 2.59. The Morgan fingerprint density at radius 1 is 0.680 bits per heavy atom. The largest absolute Gasteiger partial charge is 0.356 e. The van der Waals surface area contributed by atoms with Gasteiger partial charge in [-0.1, -0.05) is 85.0 Å². The number of carbonyl (C=O) groups is 2. The first-order chi connectivity index (χ1) is 12.1. The summed E-state index contributed by atoms with van der Waals surface area (Å²) >= 11 is 0. The first kappa shape index (κ1) is 24.1. The molecule has 0 bridgehead atoms. The molecular formula is C22H43NO2. The van der Waals surface area contributed by atoms with Gasteiger partial charge in [0.2, 0.25) is 5.91 Å². The van der Waals surface area contributed by atoms with Crippen LogP contribution >= 0.6 is 0 Å². The molecule has 25 heavy (non-hydrogen) atoms. The maximum Gasteiger partial charge on any atom is 0.219 e. The number of Topliss-reactive ketones (excluding diaryl/α,β-unsaturated/α-hetero) is 1. The van der Waals surface area contributed by atoms with Gasteiger partial charge in [-0.15, -0.1) is 0 Å². The van der Waals surface area contributed by atoms with Gasteiger partial charge in [-0.3, -0.25) is 9.59 Å². The number of unbranched alkanes of at least 4 members (excludes halogenated alkanes) is 11. The summed E-state index contributed by atoms with van der Waals surface area (Å²) in [5.41, 5.74) is 0. The van der Waals surface area contributed by atoms with E-state index in [0.29, 0.717) is 12.2 Å². The van der Waals surface area contributed by atoms with Crippen molar-refractivity contribution in [2.24, 2.45) is 5.92 Å². The van der Waals surface area contributed by atoms with Gasteiger partial charge in [-0.2, -0.15) is 0 Å². The van der Waals surface area contributed by atoms with Crippen molar-refractivity contribution in [2.45, 2.75) is 117 Å². The molecular weight excluding hydrogens is 310 g/mol. The van der Waals surface area contributed by atoms with Crippen LogP contribution in [0.15, 0.2) is 0 Å². The standard InChI is InChI=1S/C22H43NO2/c1-4-5-6-7-10-13-16-19-23-22(25)18-15-12-9-8-11-14-17-21(24)20(2)3/h20H,4-19H2,1-3H3,(H,23,25). The van der Waals surface area contributed by atoms with Crippen molar-refractivity contribution in [3.63, 3.8) is 0 Å². The molecule has 0 heterocycles. The van der Waals surface area contributed by atoms with E-state index in [0.717, 1.165) is 45.1 Å². The highest BCUT2D eigenvalue weighted by Gasteiger charge is 2.06. The fourth-order valence-electron chi connectivity index (χ4n) is 2.98. The second-order valence-electron chi connectivity index (χ2n) is 7.71. The molecule has 0 saturated heterocycles. The normalized spacial score (nSPS) is 11.0. The summed E-state index contributed by atoms with van der Waals surface area (Å²) in [6.45, 7) is 7.03. The van der Waals surface area contributed by atoms with Gasteiger partial charge in [0.15, 0.2) is 0 Å². The van der Waals surface area contributed by atoms with Crippen LogP contribution < -0.4 is 5.32 Å². The molecule has 1 N–H and O–H groups in total. The monoisotopic (exact) mass is 353 g/mol. The van der Waals surface area contributed by atoms with E-state index in [1.165, 1.54) is 51.4 Å². The van der Waals surface area contributed by atoms with E-state index < -0.39 is 0 Å². The molecule has 0 aliphatic rings. The second kappa shape index (κ2) is 17.9. The van der Waals surface area contributed by atoms with Crippen LogP contribution in [0.2, 0.25) is 0 Å². The van der Waals surface area contributed by atoms with E-state index >= 15 is 0 Å². The lowest BCUT2D eigenvalue weighted by molar-refractivity contribution is -0.122. The van der Waals surface area contributed by atoms with Crippen molar-refractivity contribution in [3.8, 4) is 0 Å². The maximum absolute atomic E-state index is 11.7. The Kier molecular flexibility index (Phi) is 17.3. The second-order valence-corrected chi connectivity index (χ2v) is 7.71. The van der Waals surface area contributed by atoms with Crippen molar-refractivity contribution in [1.82, 2.24) is 5.32 Å². The number of hydrogen-bond acceptors (Lipinski definition) is 2. The lowest BCUT2D eigenvalue weighted by Gasteiger charge is -2.06. The average molecular weight is 354 g/mol. The molecule has 0 spiro atoms. The third-order valence-electron chi connectivity index (χ3n) is 4.82. The predicted molar refractivity (Wildman–Crippen MR) is 108 cm³/mol. The van der Waals surface area contributed by atoms with Crippen LogP contribution in [0.4, 0.5) is 0 Å². The van der Waals surface area contributed by atoms with E-state index in [1.54, 1.807) is 0 Å². The minimum atomic E-state index is 0.180. The highest BCUT2D eigenvalue weighted by atomic mass is 16.1. The van der Waals surface area contributed by atoms with Crippen LogP contribution in [0.25, 0.3) is 0 Å². The smallest absolute Gasteiger partial charge is 0.219 e. The molecule has 0 saturated carbocycles. The molecule has 0 aliphatic carbocycles. The zero-order valence-electron chi connectivity index (χ0n) is 17.2. The fraction of sp³-hybridized carbons (Fsp3) is 0.909. The SMILES string of the molecule is CCCCCCCCCNC(=O)CCCCCCCCC(=O)C(C)C. The van der Waals surface area contributed by atoms with Crippen LogP contribution in [0.1, 0.15) is 117 Å². The Morgan fingerprint density at radius 2 is 1.16 bits per heavy atom. The first-order valence-corrected chi connectivity index (χ1v) is 10.9. The highest BCUT2D eigenvalue weighted by molar-refractivity contribution is 5.80. The Balaban J connectivity index is 3.24. The van der Waals surface area contributed by atoms with Gasteiger partial charge in [-0.25, -0.2) is 0 Å². The lowest BCUT2D eigenvalue weighted by atomic mass is 10.0. The van der Waals surface area contributed by atoms with Crippen molar-refractivity contribution in [1.29, 1.82) is 0 Å². The molecule has 3 nitrogen and oxygen atoms in total. The van der Waals surface area contributed by atoms with E-state index in [9.17, 15) is 9.59 Å². The van der Waals surface area contributed by atoms with Crippen LogP contribution in [-0.4, -0.2) is 18.2 Å². The summed E-state index contributed by atoms with van der Waals surface area (Å²) in [6, 6.07) is 0. The Bertz CT molecular complexity index is 326. The molecule has 0 unspecified atom stereocenters. The first-order valence-electron chi connectivity index (χ1n) is 10.9. The number of hydrogen-bond donors (Lipinski definition) is 1. The number of ketones is 1. The summed E-state index contributed by atoms with van der Waals surface area (Å²) in [4.78, 5) is 23.2. The number of amides is 1. The topological polar surface area (TPSA) is 46.2 Å². The summed E-state index contributed by atoms with van der Waals surface area (Å²) < 4.78 is 0. The van der Waals surface area contributed by atoms with E-state index in [1.807, 2.05) is 13.8 Å². The van der Waals surface area contributed by atoms with Crippen molar-refractivity contribution in [3.05, 3.63) is 0 Å². The molecule has 0 radical (unpaired) electrons. The molecule has 0 fully saturated rings.